The summed E-state index contributed by atoms with van der Waals surface area (Å²) in [5, 5.41) is 10.7. The number of pyridine rings is 1. The topological polar surface area (TPSA) is 91.3 Å². The second-order valence-electron chi connectivity index (χ2n) is 3.91. The van der Waals surface area contributed by atoms with Crippen molar-refractivity contribution in [2.75, 3.05) is 0 Å². The van der Waals surface area contributed by atoms with Crippen molar-refractivity contribution in [3.63, 3.8) is 0 Å². The second kappa shape index (κ2) is 4.44. The third kappa shape index (κ3) is 2.27. The van der Waals surface area contributed by atoms with Crippen molar-refractivity contribution in [3.05, 3.63) is 28.6 Å². The molecule has 1 aliphatic rings. The average molecular weight is 223 g/mol. The fourth-order valence-corrected chi connectivity index (χ4v) is 1.87. The van der Waals surface area contributed by atoms with Gasteiger partial charge in [0.1, 0.15) is 12.3 Å². The molecule has 2 unspecified atom stereocenters. The first kappa shape index (κ1) is 10.8. The lowest BCUT2D eigenvalue weighted by Gasteiger charge is -2.12. The van der Waals surface area contributed by atoms with E-state index in [9.17, 15) is 10.1 Å². The molecule has 0 aromatic carbocycles. The monoisotopic (exact) mass is 223 g/mol. The van der Waals surface area contributed by atoms with Gasteiger partial charge in [-0.05, 0) is 19.3 Å². The quantitative estimate of drug-likeness (QED) is 0.615. The first-order valence-electron chi connectivity index (χ1n) is 5.17. The van der Waals surface area contributed by atoms with E-state index in [2.05, 4.69) is 4.98 Å². The van der Waals surface area contributed by atoms with Gasteiger partial charge in [-0.3, -0.25) is 15.1 Å². The Kier molecular flexibility index (Phi) is 3.00. The number of nitrogens with zero attached hydrogens (tertiary/aromatic N) is 2. The van der Waals surface area contributed by atoms with E-state index in [0.717, 1.165) is 19.3 Å². The molecule has 0 saturated heterocycles. The molecule has 16 heavy (non-hydrogen) atoms. The third-order valence-electron chi connectivity index (χ3n) is 2.68. The Labute approximate surface area is 92.6 Å². The summed E-state index contributed by atoms with van der Waals surface area (Å²) in [7, 11) is 0. The summed E-state index contributed by atoms with van der Waals surface area (Å²) in [5.41, 5.74) is 5.66. The Morgan fingerprint density at radius 2 is 2.38 bits per heavy atom. The van der Waals surface area contributed by atoms with Gasteiger partial charge < -0.3 is 10.5 Å². The van der Waals surface area contributed by atoms with Gasteiger partial charge in [-0.25, -0.2) is 0 Å². The molecule has 1 aliphatic carbocycles. The summed E-state index contributed by atoms with van der Waals surface area (Å²) >= 11 is 0. The van der Waals surface area contributed by atoms with Gasteiger partial charge in [0.15, 0.2) is 0 Å². The fraction of sp³-hybridized carbons (Fsp3) is 0.500. The molecule has 0 radical (unpaired) electrons. The van der Waals surface area contributed by atoms with Crippen molar-refractivity contribution in [3.8, 4) is 5.75 Å². The van der Waals surface area contributed by atoms with Crippen LogP contribution in [-0.2, 0) is 0 Å². The molecular weight excluding hydrogens is 210 g/mol. The van der Waals surface area contributed by atoms with Crippen LogP contribution < -0.4 is 10.5 Å². The number of nitro groups is 1. The van der Waals surface area contributed by atoms with Gasteiger partial charge in [0.2, 0.25) is 5.75 Å². The molecule has 0 amide bonds. The number of hydrogen-bond donors (Lipinski definition) is 1. The van der Waals surface area contributed by atoms with E-state index in [-0.39, 0.29) is 23.6 Å². The highest BCUT2D eigenvalue weighted by Crippen LogP contribution is 2.29. The van der Waals surface area contributed by atoms with Crippen molar-refractivity contribution < 1.29 is 9.66 Å². The van der Waals surface area contributed by atoms with Gasteiger partial charge in [-0.1, -0.05) is 0 Å². The van der Waals surface area contributed by atoms with Crippen molar-refractivity contribution in [2.45, 2.75) is 31.4 Å². The van der Waals surface area contributed by atoms with Gasteiger partial charge in [-0.15, -0.1) is 0 Å². The third-order valence-corrected chi connectivity index (χ3v) is 2.68. The molecule has 2 atom stereocenters. The minimum atomic E-state index is -0.489. The van der Waals surface area contributed by atoms with E-state index >= 15 is 0 Å². The molecule has 1 saturated carbocycles. The summed E-state index contributed by atoms with van der Waals surface area (Å²) in [4.78, 5) is 13.9. The summed E-state index contributed by atoms with van der Waals surface area (Å²) < 4.78 is 5.58. The number of hydrogen-bond acceptors (Lipinski definition) is 5. The zero-order valence-corrected chi connectivity index (χ0v) is 8.70. The van der Waals surface area contributed by atoms with Gasteiger partial charge in [-0.2, -0.15) is 0 Å². The summed E-state index contributed by atoms with van der Waals surface area (Å²) in [6.45, 7) is 0. The molecule has 86 valence electrons. The van der Waals surface area contributed by atoms with Crippen molar-refractivity contribution in [1.29, 1.82) is 0 Å². The molecule has 2 rings (SSSR count). The summed E-state index contributed by atoms with van der Waals surface area (Å²) in [5.74, 6) is 0.277. The Bertz CT molecular complexity index is 397. The van der Waals surface area contributed by atoms with E-state index in [1.165, 1.54) is 18.5 Å². The lowest BCUT2D eigenvalue weighted by Crippen LogP contribution is -2.19. The van der Waals surface area contributed by atoms with Gasteiger partial charge in [0, 0.05) is 18.3 Å². The Morgan fingerprint density at radius 3 is 3.00 bits per heavy atom. The van der Waals surface area contributed by atoms with Crippen LogP contribution in [-0.4, -0.2) is 22.1 Å². The Hall–Kier alpha value is -1.69. The molecule has 0 aliphatic heterocycles. The molecule has 0 bridgehead atoms. The average Bonchev–Trinajstić information content (AvgIpc) is 2.64. The smallest absolute Gasteiger partial charge is 0.329 e. The highest BCUT2D eigenvalue weighted by Gasteiger charge is 2.25. The van der Waals surface area contributed by atoms with E-state index in [1.54, 1.807) is 0 Å². The second-order valence-corrected chi connectivity index (χ2v) is 3.91. The minimum Gasteiger partial charge on any atom is -0.483 e. The van der Waals surface area contributed by atoms with Crippen LogP contribution in [0.3, 0.4) is 0 Å². The first-order chi connectivity index (χ1) is 7.66. The predicted molar refractivity (Wildman–Crippen MR) is 57.1 cm³/mol. The zero-order chi connectivity index (χ0) is 11.5. The zero-order valence-electron chi connectivity index (χ0n) is 8.70. The van der Waals surface area contributed by atoms with Crippen LogP contribution in [0.25, 0.3) is 0 Å². The van der Waals surface area contributed by atoms with Gasteiger partial charge in [0.05, 0.1) is 4.92 Å². The maximum absolute atomic E-state index is 10.7. The number of aromatic nitrogens is 1. The van der Waals surface area contributed by atoms with Crippen LogP contribution in [0.1, 0.15) is 19.3 Å². The summed E-state index contributed by atoms with van der Waals surface area (Å²) in [6, 6.07) is 1.66. The van der Waals surface area contributed by atoms with Crippen molar-refractivity contribution >= 4 is 5.69 Å². The van der Waals surface area contributed by atoms with Gasteiger partial charge in [0.25, 0.3) is 0 Å². The SMILES string of the molecule is NC1CCC(Oc2ccncc2[N+](=O)[O-])C1. The number of ether oxygens (including phenoxy) is 1. The van der Waals surface area contributed by atoms with E-state index in [4.69, 9.17) is 10.5 Å². The first-order valence-corrected chi connectivity index (χ1v) is 5.17. The standard InChI is InChI=1S/C10H13N3O3/c11-7-1-2-8(5-7)16-10-3-4-12-6-9(10)13(14)15/h3-4,6-8H,1-2,5,11H2. The van der Waals surface area contributed by atoms with Crippen LogP contribution in [0.5, 0.6) is 5.75 Å². The van der Waals surface area contributed by atoms with Crippen molar-refractivity contribution in [1.82, 2.24) is 4.98 Å². The van der Waals surface area contributed by atoms with Crippen LogP contribution in [0.2, 0.25) is 0 Å². The molecule has 1 aromatic heterocycles. The number of rotatable bonds is 3. The maximum Gasteiger partial charge on any atom is 0.329 e. The molecular formula is C10H13N3O3. The highest BCUT2D eigenvalue weighted by molar-refractivity contribution is 5.43. The van der Waals surface area contributed by atoms with Crippen LogP contribution in [0.15, 0.2) is 18.5 Å². The minimum absolute atomic E-state index is 0.0175. The molecule has 0 spiro atoms. The fourth-order valence-electron chi connectivity index (χ4n) is 1.87. The van der Waals surface area contributed by atoms with E-state index in [1.807, 2.05) is 0 Å². The van der Waals surface area contributed by atoms with Gasteiger partial charge >= 0.3 is 5.69 Å². The molecule has 2 N–H and O–H groups in total. The molecule has 1 heterocycles. The summed E-state index contributed by atoms with van der Waals surface area (Å²) in [6.07, 6.45) is 5.17. The number of nitrogens with two attached hydrogens (primary N) is 1. The normalized spacial score (nSPS) is 24.3. The molecule has 1 fully saturated rings. The molecule has 6 nitrogen and oxygen atoms in total. The molecule has 1 aromatic rings. The molecule has 6 heteroatoms. The van der Waals surface area contributed by atoms with E-state index in [0.29, 0.717) is 0 Å². The van der Waals surface area contributed by atoms with Crippen molar-refractivity contribution in [2.24, 2.45) is 5.73 Å². The van der Waals surface area contributed by atoms with Crippen LogP contribution in [0.4, 0.5) is 5.69 Å². The Morgan fingerprint density at radius 1 is 1.56 bits per heavy atom. The van der Waals surface area contributed by atoms with Crippen LogP contribution >= 0.6 is 0 Å². The van der Waals surface area contributed by atoms with Crippen LogP contribution in [0, 0.1) is 10.1 Å². The lowest BCUT2D eigenvalue weighted by atomic mass is 10.3. The lowest BCUT2D eigenvalue weighted by molar-refractivity contribution is -0.386. The predicted octanol–water partition coefficient (Wildman–Crippen LogP) is 1.25. The maximum atomic E-state index is 10.7. The largest absolute Gasteiger partial charge is 0.483 e. The Balaban J connectivity index is 2.12. The highest BCUT2D eigenvalue weighted by atomic mass is 16.6. The van der Waals surface area contributed by atoms with E-state index < -0.39 is 4.92 Å².